The summed E-state index contributed by atoms with van der Waals surface area (Å²) in [6.45, 7) is 3.78. The molecule has 2 heterocycles. The number of hydrogen-bond acceptors (Lipinski definition) is 4. The van der Waals surface area contributed by atoms with Crippen molar-refractivity contribution >= 4 is 27.9 Å². The molecule has 0 radical (unpaired) electrons. The molecule has 1 aliphatic rings. The number of carbonyl (C=O) groups is 1. The van der Waals surface area contributed by atoms with Crippen molar-refractivity contribution in [3.63, 3.8) is 0 Å². The molecule has 130 valence electrons. The first-order valence-corrected chi connectivity index (χ1v) is 8.69. The topological polar surface area (TPSA) is 80.6 Å². The summed E-state index contributed by atoms with van der Waals surface area (Å²) in [6.07, 6.45) is 4.35. The van der Waals surface area contributed by atoms with Gasteiger partial charge < -0.3 is 13.9 Å². The van der Waals surface area contributed by atoms with Crippen molar-refractivity contribution in [1.82, 2.24) is 0 Å². The van der Waals surface area contributed by atoms with Crippen molar-refractivity contribution in [2.45, 2.75) is 52.4 Å². The summed E-state index contributed by atoms with van der Waals surface area (Å²) in [5, 5.41) is 10.9. The van der Waals surface area contributed by atoms with Crippen LogP contribution in [0.4, 0.5) is 0 Å². The van der Waals surface area contributed by atoms with E-state index in [4.69, 9.17) is 13.9 Å². The van der Waals surface area contributed by atoms with Gasteiger partial charge in [-0.1, -0.05) is 0 Å². The SMILES string of the molecule is Cc1c(CCC(=O)O)c(=O)oc2c(C)c3oc4c(c3cc12)CCCC4. The van der Waals surface area contributed by atoms with Gasteiger partial charge in [0, 0.05) is 40.3 Å². The molecule has 2 aromatic heterocycles. The maximum absolute atomic E-state index is 12.4. The molecule has 0 spiro atoms. The zero-order chi connectivity index (χ0) is 17.7. The number of furan rings is 1. The molecular formula is C20H20O5. The molecule has 0 unspecified atom stereocenters. The average Bonchev–Trinajstić information content (AvgIpc) is 2.95. The van der Waals surface area contributed by atoms with Gasteiger partial charge in [0.1, 0.15) is 16.9 Å². The van der Waals surface area contributed by atoms with Crippen molar-refractivity contribution in [1.29, 1.82) is 0 Å². The number of carboxylic acids is 1. The van der Waals surface area contributed by atoms with E-state index in [2.05, 4.69) is 0 Å². The van der Waals surface area contributed by atoms with E-state index in [0.717, 1.165) is 58.9 Å². The lowest BCUT2D eigenvalue weighted by atomic mass is 9.93. The van der Waals surface area contributed by atoms with Crippen LogP contribution in [0.5, 0.6) is 0 Å². The summed E-state index contributed by atoms with van der Waals surface area (Å²) in [4.78, 5) is 23.2. The monoisotopic (exact) mass is 340 g/mol. The summed E-state index contributed by atoms with van der Waals surface area (Å²) >= 11 is 0. The van der Waals surface area contributed by atoms with Crippen molar-refractivity contribution in [3.8, 4) is 0 Å². The third kappa shape index (κ3) is 2.46. The number of rotatable bonds is 3. The molecule has 4 rings (SSSR count). The van der Waals surface area contributed by atoms with E-state index < -0.39 is 11.6 Å². The van der Waals surface area contributed by atoms with Crippen molar-refractivity contribution in [3.05, 3.63) is 44.5 Å². The maximum Gasteiger partial charge on any atom is 0.339 e. The Kier molecular flexibility index (Phi) is 3.67. The third-order valence-electron chi connectivity index (χ3n) is 5.31. The van der Waals surface area contributed by atoms with Gasteiger partial charge in [0.2, 0.25) is 0 Å². The second-order valence-corrected chi connectivity index (χ2v) is 6.85. The van der Waals surface area contributed by atoms with E-state index in [0.29, 0.717) is 11.1 Å². The Morgan fingerprint density at radius 1 is 1.08 bits per heavy atom. The summed E-state index contributed by atoms with van der Waals surface area (Å²) in [6, 6.07) is 2.05. The van der Waals surface area contributed by atoms with E-state index in [1.807, 2.05) is 19.9 Å². The summed E-state index contributed by atoms with van der Waals surface area (Å²) in [5.74, 6) is 0.125. The Bertz CT molecular complexity index is 1070. The molecule has 0 atom stereocenters. The minimum atomic E-state index is -0.922. The van der Waals surface area contributed by atoms with Crippen LogP contribution in [-0.2, 0) is 24.1 Å². The number of fused-ring (bicyclic) bond motifs is 4. The van der Waals surface area contributed by atoms with E-state index in [1.54, 1.807) is 0 Å². The molecule has 0 bridgehead atoms. The van der Waals surface area contributed by atoms with E-state index >= 15 is 0 Å². The highest BCUT2D eigenvalue weighted by Crippen LogP contribution is 2.37. The molecule has 5 nitrogen and oxygen atoms in total. The summed E-state index contributed by atoms with van der Waals surface area (Å²) in [7, 11) is 0. The standard InChI is InChI=1S/C20H20O5/c1-10-12(7-8-17(21)22)20(23)25-18-11(2)19-15(9-14(10)18)13-5-3-4-6-16(13)24-19/h9H,3-8H2,1-2H3,(H,21,22). The first-order valence-electron chi connectivity index (χ1n) is 8.69. The van der Waals surface area contributed by atoms with Crippen LogP contribution in [0.3, 0.4) is 0 Å². The third-order valence-corrected chi connectivity index (χ3v) is 5.31. The fourth-order valence-corrected chi connectivity index (χ4v) is 3.94. The van der Waals surface area contributed by atoms with Gasteiger partial charge in [-0.2, -0.15) is 0 Å². The normalized spacial score (nSPS) is 14.2. The highest BCUT2D eigenvalue weighted by atomic mass is 16.4. The van der Waals surface area contributed by atoms with Gasteiger partial charge in [-0.25, -0.2) is 4.79 Å². The van der Waals surface area contributed by atoms with Gasteiger partial charge >= 0.3 is 11.6 Å². The minimum absolute atomic E-state index is 0.0839. The molecule has 0 aliphatic heterocycles. The quantitative estimate of drug-likeness (QED) is 0.727. The van der Waals surface area contributed by atoms with Crippen LogP contribution in [0, 0.1) is 13.8 Å². The minimum Gasteiger partial charge on any atom is -0.481 e. The van der Waals surface area contributed by atoms with Gasteiger partial charge in [0.25, 0.3) is 0 Å². The van der Waals surface area contributed by atoms with Crippen LogP contribution in [-0.4, -0.2) is 11.1 Å². The number of carboxylic acid groups (broad SMARTS) is 1. The van der Waals surface area contributed by atoms with Crippen LogP contribution in [0.25, 0.3) is 21.9 Å². The van der Waals surface area contributed by atoms with Crippen molar-refractivity contribution < 1.29 is 18.7 Å². The van der Waals surface area contributed by atoms with Crippen LogP contribution >= 0.6 is 0 Å². The number of aryl methyl sites for hydroxylation is 4. The van der Waals surface area contributed by atoms with Crippen LogP contribution in [0.15, 0.2) is 19.7 Å². The molecule has 0 saturated carbocycles. The van der Waals surface area contributed by atoms with Gasteiger partial charge in [0.15, 0.2) is 0 Å². The molecule has 25 heavy (non-hydrogen) atoms. The lowest BCUT2D eigenvalue weighted by Gasteiger charge is -2.10. The first-order chi connectivity index (χ1) is 12.0. The maximum atomic E-state index is 12.4. The molecule has 1 N–H and O–H groups in total. The molecular weight excluding hydrogens is 320 g/mol. The molecule has 0 saturated heterocycles. The van der Waals surface area contributed by atoms with Crippen LogP contribution in [0.2, 0.25) is 0 Å². The largest absolute Gasteiger partial charge is 0.481 e. The molecule has 5 heteroatoms. The zero-order valence-corrected chi connectivity index (χ0v) is 14.4. The predicted molar refractivity (Wildman–Crippen MR) is 94.3 cm³/mol. The van der Waals surface area contributed by atoms with Gasteiger partial charge in [-0.05, 0) is 51.2 Å². The van der Waals surface area contributed by atoms with Gasteiger partial charge in [-0.15, -0.1) is 0 Å². The first kappa shape index (κ1) is 15.9. The molecule has 1 aliphatic carbocycles. The average molecular weight is 340 g/mol. The molecule has 0 fully saturated rings. The highest BCUT2D eigenvalue weighted by molar-refractivity contribution is 6.00. The Morgan fingerprint density at radius 3 is 2.56 bits per heavy atom. The highest BCUT2D eigenvalue weighted by Gasteiger charge is 2.22. The number of hydrogen-bond donors (Lipinski definition) is 1. The van der Waals surface area contributed by atoms with Gasteiger partial charge in [-0.3, -0.25) is 4.79 Å². The fourth-order valence-electron chi connectivity index (χ4n) is 3.94. The summed E-state index contributed by atoms with van der Waals surface area (Å²) < 4.78 is 11.6. The molecule has 1 aromatic carbocycles. The Labute approximate surface area is 144 Å². The lowest BCUT2D eigenvalue weighted by molar-refractivity contribution is -0.136. The lowest BCUT2D eigenvalue weighted by Crippen LogP contribution is -2.12. The van der Waals surface area contributed by atoms with Gasteiger partial charge in [0.05, 0.1) is 0 Å². The second kappa shape index (κ2) is 5.76. The van der Waals surface area contributed by atoms with Crippen LogP contribution < -0.4 is 5.63 Å². The molecule has 3 aromatic rings. The van der Waals surface area contributed by atoms with E-state index in [1.165, 1.54) is 5.56 Å². The Balaban J connectivity index is 2.01. The predicted octanol–water partition coefficient (Wildman–Crippen LogP) is 4.05. The van der Waals surface area contributed by atoms with Crippen molar-refractivity contribution in [2.75, 3.05) is 0 Å². The summed E-state index contributed by atoms with van der Waals surface area (Å²) in [5.41, 5.74) is 4.26. The Morgan fingerprint density at radius 2 is 1.80 bits per heavy atom. The fraction of sp³-hybridized carbons (Fsp3) is 0.400. The number of benzene rings is 1. The van der Waals surface area contributed by atoms with E-state index in [-0.39, 0.29) is 12.8 Å². The van der Waals surface area contributed by atoms with Crippen molar-refractivity contribution in [2.24, 2.45) is 0 Å². The van der Waals surface area contributed by atoms with Crippen LogP contribution in [0.1, 0.15) is 47.3 Å². The Hall–Kier alpha value is -2.56. The molecule has 0 amide bonds. The zero-order valence-electron chi connectivity index (χ0n) is 14.4. The second-order valence-electron chi connectivity index (χ2n) is 6.85. The smallest absolute Gasteiger partial charge is 0.339 e. The number of aliphatic carboxylic acids is 1. The van der Waals surface area contributed by atoms with E-state index in [9.17, 15) is 9.59 Å².